The predicted octanol–water partition coefficient (Wildman–Crippen LogP) is 3.58. The zero-order valence-corrected chi connectivity index (χ0v) is 17.6. The molecule has 0 unspecified atom stereocenters. The van der Waals surface area contributed by atoms with E-state index >= 15 is 0 Å². The highest BCUT2D eigenvalue weighted by molar-refractivity contribution is 5.97. The van der Waals surface area contributed by atoms with Gasteiger partial charge in [-0.2, -0.15) is 0 Å². The van der Waals surface area contributed by atoms with E-state index in [-0.39, 0.29) is 31.0 Å². The van der Waals surface area contributed by atoms with Crippen molar-refractivity contribution in [3.8, 4) is 5.75 Å². The van der Waals surface area contributed by atoms with Crippen LogP contribution in [0.2, 0.25) is 0 Å². The number of nitrogens with one attached hydrogen (secondary N) is 2. The molecule has 0 atom stereocenters. The van der Waals surface area contributed by atoms with Gasteiger partial charge in [0.05, 0.1) is 12.3 Å². The SMILES string of the molecule is CCOc1ccccc1NC(=O)COC(=O)CCCC(=O)Nc1cccc(C(C)=O)c1. The Morgan fingerprint density at radius 1 is 0.903 bits per heavy atom. The molecule has 0 radical (unpaired) electrons. The first-order valence-corrected chi connectivity index (χ1v) is 9.97. The molecule has 0 spiro atoms. The predicted molar refractivity (Wildman–Crippen MR) is 116 cm³/mol. The Balaban J connectivity index is 1.69. The molecule has 8 nitrogen and oxygen atoms in total. The van der Waals surface area contributed by atoms with Crippen molar-refractivity contribution in [2.24, 2.45) is 0 Å². The summed E-state index contributed by atoms with van der Waals surface area (Å²) in [5, 5.41) is 5.32. The maximum Gasteiger partial charge on any atom is 0.306 e. The highest BCUT2D eigenvalue weighted by atomic mass is 16.5. The van der Waals surface area contributed by atoms with E-state index in [0.717, 1.165) is 0 Å². The van der Waals surface area contributed by atoms with E-state index < -0.39 is 18.5 Å². The normalized spacial score (nSPS) is 10.1. The molecular formula is C23H26N2O6. The molecule has 2 rings (SSSR count). The first kappa shape index (κ1) is 23.6. The van der Waals surface area contributed by atoms with Crippen LogP contribution in [-0.4, -0.2) is 36.8 Å². The molecule has 164 valence electrons. The van der Waals surface area contributed by atoms with Crippen LogP contribution in [0.15, 0.2) is 48.5 Å². The number of para-hydroxylation sites is 2. The highest BCUT2D eigenvalue weighted by Crippen LogP contribution is 2.23. The number of hydrogen-bond donors (Lipinski definition) is 2. The van der Waals surface area contributed by atoms with Crippen molar-refractivity contribution in [3.63, 3.8) is 0 Å². The number of carbonyl (C=O) groups is 4. The van der Waals surface area contributed by atoms with Gasteiger partial charge in [-0.3, -0.25) is 19.2 Å². The van der Waals surface area contributed by atoms with Gasteiger partial charge in [0, 0.05) is 24.1 Å². The molecular weight excluding hydrogens is 400 g/mol. The van der Waals surface area contributed by atoms with Crippen LogP contribution in [0.1, 0.15) is 43.5 Å². The highest BCUT2D eigenvalue weighted by Gasteiger charge is 2.12. The van der Waals surface area contributed by atoms with Crippen LogP contribution in [0.3, 0.4) is 0 Å². The van der Waals surface area contributed by atoms with Crippen LogP contribution >= 0.6 is 0 Å². The lowest BCUT2D eigenvalue weighted by atomic mass is 10.1. The Labute approximate surface area is 180 Å². The fourth-order valence-electron chi connectivity index (χ4n) is 2.69. The summed E-state index contributed by atoms with van der Waals surface area (Å²) in [5.41, 5.74) is 1.52. The van der Waals surface area contributed by atoms with Gasteiger partial charge in [0.1, 0.15) is 5.75 Å². The van der Waals surface area contributed by atoms with Gasteiger partial charge in [0.2, 0.25) is 5.91 Å². The fraction of sp³-hybridized carbons (Fsp3) is 0.304. The van der Waals surface area contributed by atoms with Gasteiger partial charge in [0.15, 0.2) is 12.4 Å². The molecule has 0 heterocycles. The third-order valence-corrected chi connectivity index (χ3v) is 4.16. The first-order chi connectivity index (χ1) is 14.9. The van der Waals surface area contributed by atoms with Crippen molar-refractivity contribution >= 4 is 34.9 Å². The van der Waals surface area contributed by atoms with Crippen molar-refractivity contribution in [2.45, 2.75) is 33.1 Å². The third-order valence-electron chi connectivity index (χ3n) is 4.16. The van der Waals surface area contributed by atoms with Crippen molar-refractivity contribution < 1.29 is 28.7 Å². The molecule has 0 aliphatic heterocycles. The lowest BCUT2D eigenvalue weighted by Gasteiger charge is -2.11. The number of ketones is 1. The van der Waals surface area contributed by atoms with Crippen molar-refractivity contribution in [1.29, 1.82) is 0 Å². The van der Waals surface area contributed by atoms with E-state index in [1.165, 1.54) is 6.92 Å². The van der Waals surface area contributed by atoms with Crippen molar-refractivity contribution in [1.82, 2.24) is 0 Å². The number of hydrogen-bond acceptors (Lipinski definition) is 6. The molecule has 0 aliphatic rings. The topological polar surface area (TPSA) is 111 Å². The molecule has 2 amide bonds. The van der Waals surface area contributed by atoms with E-state index in [4.69, 9.17) is 9.47 Å². The second kappa shape index (κ2) is 12.1. The van der Waals surface area contributed by atoms with Gasteiger partial charge in [-0.15, -0.1) is 0 Å². The molecule has 0 aliphatic carbocycles. The average molecular weight is 426 g/mol. The first-order valence-electron chi connectivity index (χ1n) is 9.97. The number of esters is 1. The second-order valence-electron chi connectivity index (χ2n) is 6.68. The molecule has 0 saturated heterocycles. The standard InChI is InChI=1S/C23H26N2O6/c1-3-30-20-11-5-4-10-19(20)25-22(28)15-31-23(29)13-7-12-21(27)24-18-9-6-8-17(14-18)16(2)26/h4-6,8-11,14H,3,7,12-13,15H2,1-2H3,(H,24,27)(H,25,28). The van der Waals surface area contributed by atoms with Gasteiger partial charge in [0.25, 0.3) is 5.91 Å². The Kier molecular flexibility index (Phi) is 9.22. The van der Waals surface area contributed by atoms with Crippen LogP contribution in [0.25, 0.3) is 0 Å². The van der Waals surface area contributed by atoms with Gasteiger partial charge in [-0.05, 0) is 44.5 Å². The molecule has 0 bridgehead atoms. The maximum absolute atomic E-state index is 12.0. The van der Waals surface area contributed by atoms with Gasteiger partial charge >= 0.3 is 5.97 Å². The second-order valence-corrected chi connectivity index (χ2v) is 6.68. The summed E-state index contributed by atoms with van der Waals surface area (Å²) in [6, 6.07) is 13.6. The lowest BCUT2D eigenvalue weighted by molar-refractivity contribution is -0.147. The number of anilines is 2. The maximum atomic E-state index is 12.0. The quantitative estimate of drug-likeness (QED) is 0.420. The Morgan fingerprint density at radius 2 is 1.68 bits per heavy atom. The van der Waals surface area contributed by atoms with E-state index in [2.05, 4.69) is 10.6 Å². The van der Waals surface area contributed by atoms with E-state index in [0.29, 0.717) is 29.3 Å². The summed E-state index contributed by atoms with van der Waals surface area (Å²) in [5.74, 6) is -0.893. The third kappa shape index (κ3) is 8.30. The summed E-state index contributed by atoms with van der Waals surface area (Å²) in [6.07, 6.45) is 0.378. The molecule has 2 aromatic carbocycles. The molecule has 0 aromatic heterocycles. The zero-order valence-electron chi connectivity index (χ0n) is 17.6. The summed E-state index contributed by atoms with van der Waals surface area (Å²) in [7, 11) is 0. The largest absolute Gasteiger partial charge is 0.492 e. The van der Waals surface area contributed by atoms with Gasteiger partial charge in [-0.25, -0.2) is 0 Å². The summed E-state index contributed by atoms with van der Waals surface area (Å²) < 4.78 is 10.4. The number of ether oxygens (including phenoxy) is 2. The Bertz CT molecular complexity index is 941. The van der Waals surface area contributed by atoms with E-state index in [9.17, 15) is 19.2 Å². The molecule has 31 heavy (non-hydrogen) atoms. The van der Waals surface area contributed by atoms with Crippen LogP contribution in [0, 0.1) is 0 Å². The minimum atomic E-state index is -0.570. The summed E-state index contributed by atoms with van der Waals surface area (Å²) in [4.78, 5) is 47.2. The van der Waals surface area contributed by atoms with Crippen molar-refractivity contribution in [3.05, 3.63) is 54.1 Å². The van der Waals surface area contributed by atoms with Crippen LogP contribution in [0.4, 0.5) is 11.4 Å². The number of Topliss-reactive ketones (excluding diaryl/α,β-unsaturated/α-hetero) is 1. The monoisotopic (exact) mass is 426 g/mol. The minimum Gasteiger partial charge on any atom is -0.492 e. The van der Waals surface area contributed by atoms with Gasteiger partial charge in [-0.1, -0.05) is 24.3 Å². The summed E-state index contributed by atoms with van der Waals surface area (Å²) in [6.45, 7) is 3.31. The Hall–Kier alpha value is -3.68. The van der Waals surface area contributed by atoms with Crippen LogP contribution in [0.5, 0.6) is 5.75 Å². The van der Waals surface area contributed by atoms with Gasteiger partial charge < -0.3 is 20.1 Å². The average Bonchev–Trinajstić information content (AvgIpc) is 2.74. The molecule has 0 saturated carbocycles. The smallest absolute Gasteiger partial charge is 0.306 e. The lowest BCUT2D eigenvalue weighted by Crippen LogP contribution is -2.21. The van der Waals surface area contributed by atoms with E-state index in [1.54, 1.807) is 48.5 Å². The summed E-state index contributed by atoms with van der Waals surface area (Å²) >= 11 is 0. The number of rotatable bonds is 11. The van der Waals surface area contributed by atoms with Crippen LogP contribution < -0.4 is 15.4 Å². The minimum absolute atomic E-state index is 0.00369. The number of carbonyl (C=O) groups excluding carboxylic acids is 4. The van der Waals surface area contributed by atoms with Crippen molar-refractivity contribution in [2.75, 3.05) is 23.8 Å². The zero-order chi connectivity index (χ0) is 22.6. The Morgan fingerprint density at radius 3 is 2.42 bits per heavy atom. The van der Waals surface area contributed by atoms with E-state index in [1.807, 2.05) is 6.92 Å². The molecule has 0 fully saturated rings. The molecule has 2 N–H and O–H groups in total. The molecule has 8 heteroatoms. The van der Waals surface area contributed by atoms with Crippen LogP contribution in [-0.2, 0) is 19.1 Å². The fourth-order valence-corrected chi connectivity index (χ4v) is 2.69. The number of amides is 2. The number of benzene rings is 2. The molecule has 2 aromatic rings.